The van der Waals surface area contributed by atoms with Crippen molar-refractivity contribution >= 4 is 0 Å². The van der Waals surface area contributed by atoms with E-state index in [4.69, 9.17) is 4.74 Å². The minimum absolute atomic E-state index is 0.251. The van der Waals surface area contributed by atoms with E-state index in [-0.39, 0.29) is 5.75 Å². The predicted octanol–water partition coefficient (Wildman–Crippen LogP) is 7.29. The highest BCUT2D eigenvalue weighted by Gasteiger charge is 2.90. The monoisotopic (exact) mass is 512 g/mol. The van der Waals surface area contributed by atoms with Crippen molar-refractivity contribution in [1.29, 1.82) is 0 Å². The zero-order chi connectivity index (χ0) is 26.3. The summed E-state index contributed by atoms with van der Waals surface area (Å²) in [4.78, 5) is 0. The lowest BCUT2D eigenvalue weighted by Gasteiger charge is -2.40. The molecule has 1 aromatic rings. The number of ether oxygens (including phenoxy) is 2. The number of halogens is 13. The summed E-state index contributed by atoms with van der Waals surface area (Å²) in [5, 5.41) is 0. The van der Waals surface area contributed by atoms with E-state index in [0.29, 0.717) is 7.11 Å². The molecular weight excluding hydrogens is 495 g/mol. The van der Waals surface area contributed by atoms with E-state index < -0.39 is 60.0 Å². The maximum atomic E-state index is 14.2. The van der Waals surface area contributed by atoms with Crippen molar-refractivity contribution in [2.75, 3.05) is 7.11 Å². The molecule has 0 aliphatic rings. The molecular formula is C18H17F13O2. The van der Waals surface area contributed by atoms with Gasteiger partial charge in [-0.2, -0.15) is 57.1 Å². The molecule has 0 amide bonds. The van der Waals surface area contributed by atoms with Crippen LogP contribution in [0, 0.1) is 0 Å². The van der Waals surface area contributed by atoms with Crippen LogP contribution in [-0.2, 0) is 4.74 Å². The molecule has 0 saturated carbocycles. The van der Waals surface area contributed by atoms with Crippen molar-refractivity contribution < 1.29 is 66.5 Å². The Morgan fingerprint density at radius 2 is 1.15 bits per heavy atom. The van der Waals surface area contributed by atoms with E-state index in [2.05, 4.69) is 4.74 Å². The van der Waals surface area contributed by atoms with Crippen LogP contribution in [0.1, 0.15) is 31.9 Å². The van der Waals surface area contributed by atoms with Gasteiger partial charge in [0.2, 0.25) is 0 Å². The summed E-state index contributed by atoms with van der Waals surface area (Å²) in [6, 6.07) is 4.58. The van der Waals surface area contributed by atoms with Gasteiger partial charge < -0.3 is 9.47 Å². The molecule has 1 unspecified atom stereocenters. The van der Waals surface area contributed by atoms with E-state index in [9.17, 15) is 57.1 Å². The molecule has 0 N–H and O–H groups in total. The molecule has 0 aliphatic carbocycles. The first-order valence-corrected chi connectivity index (χ1v) is 8.82. The number of alkyl halides is 13. The maximum Gasteiger partial charge on any atom is 0.460 e. The first-order chi connectivity index (χ1) is 14.6. The lowest BCUT2D eigenvalue weighted by atomic mass is 9.90. The van der Waals surface area contributed by atoms with Gasteiger partial charge >= 0.3 is 35.8 Å². The minimum Gasteiger partial charge on any atom is -0.491 e. The van der Waals surface area contributed by atoms with Gasteiger partial charge in [0.1, 0.15) is 5.75 Å². The summed E-state index contributed by atoms with van der Waals surface area (Å²) in [5.74, 6) is -37.4. The normalized spacial score (nSPS) is 15.7. The third-order valence-corrected chi connectivity index (χ3v) is 4.35. The molecule has 33 heavy (non-hydrogen) atoms. The Morgan fingerprint density at radius 1 is 0.697 bits per heavy atom. The van der Waals surface area contributed by atoms with Gasteiger partial charge in [0.15, 0.2) is 0 Å². The lowest BCUT2D eigenvalue weighted by Crippen LogP contribution is -2.70. The number of hydrogen-bond donors (Lipinski definition) is 0. The van der Waals surface area contributed by atoms with Crippen molar-refractivity contribution in [3.63, 3.8) is 0 Å². The van der Waals surface area contributed by atoms with Crippen molar-refractivity contribution in [2.24, 2.45) is 0 Å². The Balaban J connectivity index is 3.46. The van der Waals surface area contributed by atoms with Crippen LogP contribution in [0.4, 0.5) is 57.1 Å². The van der Waals surface area contributed by atoms with Gasteiger partial charge in [0.05, 0.1) is 12.2 Å². The summed E-state index contributed by atoms with van der Waals surface area (Å²) in [5.41, 5.74) is -0.431. The molecule has 0 spiro atoms. The van der Waals surface area contributed by atoms with Crippen LogP contribution in [0.2, 0.25) is 0 Å². The number of rotatable bonds is 10. The maximum absolute atomic E-state index is 14.2. The smallest absolute Gasteiger partial charge is 0.460 e. The van der Waals surface area contributed by atoms with Crippen LogP contribution in [-0.4, -0.2) is 49.0 Å². The number of hydrogen-bond acceptors (Lipinski definition) is 2. The molecule has 1 atom stereocenters. The highest BCUT2D eigenvalue weighted by molar-refractivity contribution is 5.35. The molecule has 1 rings (SSSR count). The fourth-order valence-corrected chi connectivity index (χ4v) is 2.59. The standard InChI is InChI=1S/C18H17F13O2/c1-9(2)33-11-7-5-4-6-10(11)12(32-3)8-13(19,20)14(21,22)15(23,24)16(25,26)17(27,28)18(29,30)31/h4-7,9,12H,8H2,1-3H3. The zero-order valence-corrected chi connectivity index (χ0v) is 16.9. The van der Waals surface area contributed by atoms with Gasteiger partial charge in [-0.05, 0) is 19.9 Å². The summed E-state index contributed by atoms with van der Waals surface area (Å²) in [6.45, 7) is 2.93. The highest BCUT2D eigenvalue weighted by Crippen LogP contribution is 2.61. The molecule has 192 valence electrons. The largest absolute Gasteiger partial charge is 0.491 e. The Morgan fingerprint density at radius 3 is 1.58 bits per heavy atom. The van der Waals surface area contributed by atoms with E-state index in [1.165, 1.54) is 19.9 Å². The van der Waals surface area contributed by atoms with Gasteiger partial charge in [-0.25, -0.2) is 0 Å². The van der Waals surface area contributed by atoms with Gasteiger partial charge in [-0.3, -0.25) is 0 Å². The van der Waals surface area contributed by atoms with E-state index in [0.717, 1.165) is 18.2 Å². The van der Waals surface area contributed by atoms with Crippen LogP contribution in [0.25, 0.3) is 0 Å². The molecule has 0 fully saturated rings. The average molecular weight is 512 g/mol. The van der Waals surface area contributed by atoms with Crippen LogP contribution < -0.4 is 4.74 Å². The fraction of sp³-hybridized carbons (Fsp3) is 0.667. The summed E-state index contributed by atoms with van der Waals surface area (Å²) in [7, 11) is 0.648. The lowest BCUT2D eigenvalue weighted by molar-refractivity contribution is -0.440. The Bertz CT molecular complexity index is 803. The molecule has 0 saturated heterocycles. The fourth-order valence-electron chi connectivity index (χ4n) is 2.59. The first kappa shape index (κ1) is 29.1. The summed E-state index contributed by atoms with van der Waals surface area (Å²) >= 11 is 0. The summed E-state index contributed by atoms with van der Waals surface area (Å²) < 4.78 is 182. The highest BCUT2D eigenvalue weighted by atomic mass is 19.4. The quantitative estimate of drug-likeness (QED) is 0.307. The Hall–Kier alpha value is -1.93. The van der Waals surface area contributed by atoms with E-state index in [1.807, 2.05) is 0 Å². The molecule has 0 aromatic heterocycles. The number of benzene rings is 1. The van der Waals surface area contributed by atoms with E-state index in [1.54, 1.807) is 0 Å². The van der Waals surface area contributed by atoms with Crippen molar-refractivity contribution in [3.05, 3.63) is 29.8 Å². The van der Waals surface area contributed by atoms with Crippen LogP contribution in [0.5, 0.6) is 5.75 Å². The van der Waals surface area contributed by atoms with Crippen LogP contribution in [0.3, 0.4) is 0 Å². The van der Waals surface area contributed by atoms with Crippen molar-refractivity contribution in [3.8, 4) is 5.75 Å². The molecule has 2 nitrogen and oxygen atoms in total. The average Bonchev–Trinajstić information content (AvgIpc) is 2.64. The molecule has 0 bridgehead atoms. The van der Waals surface area contributed by atoms with Gasteiger partial charge in [-0.15, -0.1) is 0 Å². The second-order valence-electron chi connectivity index (χ2n) is 7.13. The van der Waals surface area contributed by atoms with Crippen molar-refractivity contribution in [1.82, 2.24) is 0 Å². The molecule has 0 heterocycles. The van der Waals surface area contributed by atoms with Gasteiger partial charge in [-0.1, -0.05) is 18.2 Å². The SMILES string of the molecule is COC(CC(F)(F)C(F)(F)C(F)(F)C(F)(F)C(F)(F)C(F)(F)F)c1ccccc1OC(C)C. The third kappa shape index (κ3) is 4.97. The third-order valence-electron chi connectivity index (χ3n) is 4.35. The number of para-hydroxylation sites is 1. The van der Waals surface area contributed by atoms with Crippen LogP contribution >= 0.6 is 0 Å². The number of methoxy groups -OCH3 is 1. The zero-order valence-electron chi connectivity index (χ0n) is 16.9. The molecule has 15 heteroatoms. The Labute approximate surface area is 178 Å². The second-order valence-corrected chi connectivity index (χ2v) is 7.13. The second kappa shape index (κ2) is 9.02. The Kier molecular flexibility index (Phi) is 7.96. The van der Waals surface area contributed by atoms with Gasteiger partial charge in [0, 0.05) is 19.1 Å². The molecule has 0 aliphatic heterocycles. The summed E-state index contributed by atoms with van der Waals surface area (Å²) in [6.07, 6.45) is -12.8. The van der Waals surface area contributed by atoms with E-state index >= 15 is 0 Å². The van der Waals surface area contributed by atoms with Crippen molar-refractivity contribution in [2.45, 2.75) is 68.3 Å². The first-order valence-electron chi connectivity index (χ1n) is 8.82. The van der Waals surface area contributed by atoms with Crippen LogP contribution in [0.15, 0.2) is 24.3 Å². The predicted molar refractivity (Wildman–Crippen MR) is 87.4 cm³/mol. The van der Waals surface area contributed by atoms with Gasteiger partial charge in [0.25, 0.3) is 0 Å². The minimum atomic E-state index is -7.94. The topological polar surface area (TPSA) is 18.5 Å². The molecule has 1 aromatic carbocycles. The molecule has 0 radical (unpaired) electrons.